The largest absolute Gasteiger partial charge is 0.336 e. The van der Waals surface area contributed by atoms with Crippen molar-refractivity contribution in [1.82, 2.24) is 0 Å². The van der Waals surface area contributed by atoms with Gasteiger partial charge < -0.3 is 4.90 Å². The fourth-order valence-corrected chi connectivity index (χ4v) is 4.35. The van der Waals surface area contributed by atoms with Crippen LogP contribution >= 0.6 is 0 Å². The summed E-state index contributed by atoms with van der Waals surface area (Å²) in [6.07, 6.45) is 0.793. The molecule has 0 saturated carbocycles. The van der Waals surface area contributed by atoms with Crippen molar-refractivity contribution in [3.63, 3.8) is 0 Å². The lowest BCUT2D eigenvalue weighted by atomic mass is 9.99. The zero-order valence-electron chi connectivity index (χ0n) is 17.4. The normalized spacial score (nSPS) is 15.8. The van der Waals surface area contributed by atoms with Gasteiger partial charge in [-0.15, -0.1) is 0 Å². The zero-order chi connectivity index (χ0) is 21.7. The molecule has 2 heterocycles. The van der Waals surface area contributed by atoms with Crippen molar-refractivity contribution >= 4 is 28.8 Å². The lowest BCUT2D eigenvalue weighted by molar-refractivity contribution is -0.120. The summed E-state index contributed by atoms with van der Waals surface area (Å²) >= 11 is 0. The SMILES string of the molecule is Cc1ccc(C2=C(N3CCc4ccccc43)C(=O)N(c3cccc(F)c3)C2=O)cc1C. The Bertz CT molecular complexity index is 1280. The third kappa shape index (κ3) is 3.05. The molecular weight excluding hydrogens is 391 g/mol. The summed E-state index contributed by atoms with van der Waals surface area (Å²) in [6, 6.07) is 19.3. The van der Waals surface area contributed by atoms with E-state index in [1.54, 1.807) is 6.07 Å². The first-order valence-electron chi connectivity index (χ1n) is 10.3. The molecule has 3 aromatic carbocycles. The van der Waals surface area contributed by atoms with E-state index in [1.807, 2.05) is 61.2 Å². The second-order valence-electron chi connectivity index (χ2n) is 7.98. The standard InChI is InChI=1S/C26H21FN2O2/c1-16-10-11-19(14-17(16)2)23-24(28-13-12-18-6-3-4-9-22(18)28)26(31)29(25(23)30)21-8-5-7-20(27)15-21/h3-11,14-15H,12-13H2,1-2H3. The minimum absolute atomic E-state index is 0.235. The Hall–Kier alpha value is -3.73. The van der Waals surface area contributed by atoms with Gasteiger partial charge in [-0.25, -0.2) is 9.29 Å². The number of anilines is 2. The van der Waals surface area contributed by atoms with Crippen molar-refractivity contribution in [3.05, 3.63) is 100 Å². The molecule has 31 heavy (non-hydrogen) atoms. The Morgan fingerprint density at radius 2 is 1.65 bits per heavy atom. The van der Waals surface area contributed by atoms with Crippen molar-refractivity contribution < 1.29 is 14.0 Å². The molecule has 2 amide bonds. The number of para-hydroxylation sites is 1. The molecule has 5 rings (SSSR count). The number of fused-ring (bicyclic) bond motifs is 1. The van der Waals surface area contributed by atoms with Crippen LogP contribution in [0.3, 0.4) is 0 Å². The summed E-state index contributed by atoms with van der Waals surface area (Å²) < 4.78 is 13.9. The van der Waals surface area contributed by atoms with E-state index in [2.05, 4.69) is 0 Å². The average Bonchev–Trinajstić information content (AvgIpc) is 3.28. The minimum atomic E-state index is -0.495. The lowest BCUT2D eigenvalue weighted by Crippen LogP contribution is -2.34. The minimum Gasteiger partial charge on any atom is -0.336 e. The van der Waals surface area contributed by atoms with Gasteiger partial charge in [-0.2, -0.15) is 0 Å². The first kappa shape index (κ1) is 19.2. The maximum absolute atomic E-state index is 13.9. The van der Waals surface area contributed by atoms with E-state index in [1.165, 1.54) is 18.2 Å². The molecule has 0 spiro atoms. The van der Waals surface area contributed by atoms with Crippen LogP contribution in [0.2, 0.25) is 0 Å². The smallest absolute Gasteiger partial charge is 0.282 e. The van der Waals surface area contributed by atoms with E-state index < -0.39 is 17.6 Å². The van der Waals surface area contributed by atoms with E-state index in [0.717, 1.165) is 33.7 Å². The molecule has 0 radical (unpaired) electrons. The number of halogens is 1. The third-order valence-electron chi connectivity index (χ3n) is 6.08. The molecule has 3 aromatic rings. The molecule has 5 heteroatoms. The van der Waals surface area contributed by atoms with Gasteiger partial charge in [0.25, 0.3) is 11.8 Å². The maximum atomic E-state index is 13.9. The van der Waals surface area contributed by atoms with Gasteiger partial charge in [-0.05, 0) is 66.8 Å². The van der Waals surface area contributed by atoms with Crippen LogP contribution in [0.5, 0.6) is 0 Å². The van der Waals surface area contributed by atoms with Crippen LogP contribution in [0.25, 0.3) is 5.57 Å². The topological polar surface area (TPSA) is 40.6 Å². The molecule has 0 atom stereocenters. The Morgan fingerprint density at radius 1 is 0.839 bits per heavy atom. The van der Waals surface area contributed by atoms with Crippen molar-refractivity contribution in [3.8, 4) is 0 Å². The molecule has 0 aromatic heterocycles. The number of hydrogen-bond donors (Lipinski definition) is 0. The lowest BCUT2D eigenvalue weighted by Gasteiger charge is -2.22. The van der Waals surface area contributed by atoms with Gasteiger partial charge >= 0.3 is 0 Å². The van der Waals surface area contributed by atoms with Crippen molar-refractivity contribution in [2.75, 3.05) is 16.3 Å². The summed E-state index contributed by atoms with van der Waals surface area (Å²) in [5.74, 6) is -1.36. The number of hydrogen-bond acceptors (Lipinski definition) is 3. The van der Waals surface area contributed by atoms with Crippen molar-refractivity contribution in [1.29, 1.82) is 0 Å². The van der Waals surface area contributed by atoms with Gasteiger partial charge in [0.05, 0.1) is 11.3 Å². The molecule has 2 aliphatic heterocycles. The highest BCUT2D eigenvalue weighted by Crippen LogP contribution is 2.40. The molecule has 0 N–H and O–H groups in total. The molecule has 0 bridgehead atoms. The summed E-state index contributed by atoms with van der Waals surface area (Å²) in [5.41, 5.74) is 5.85. The van der Waals surface area contributed by atoms with Crippen LogP contribution in [0, 0.1) is 19.7 Å². The number of carbonyl (C=O) groups is 2. The highest BCUT2D eigenvalue weighted by atomic mass is 19.1. The zero-order valence-corrected chi connectivity index (χ0v) is 17.4. The summed E-state index contributed by atoms with van der Waals surface area (Å²) in [4.78, 5) is 30.3. The van der Waals surface area contributed by atoms with Gasteiger partial charge in [0.15, 0.2) is 0 Å². The third-order valence-corrected chi connectivity index (χ3v) is 6.08. The molecule has 0 fully saturated rings. The average molecular weight is 412 g/mol. The molecule has 4 nitrogen and oxygen atoms in total. The Labute approximate surface area is 180 Å². The molecular formula is C26H21FN2O2. The summed E-state index contributed by atoms with van der Waals surface area (Å²) in [7, 11) is 0. The fraction of sp³-hybridized carbons (Fsp3) is 0.154. The number of carbonyl (C=O) groups excluding carboxylic acids is 2. The van der Waals surface area contributed by atoms with E-state index in [-0.39, 0.29) is 5.69 Å². The van der Waals surface area contributed by atoms with Crippen LogP contribution < -0.4 is 9.80 Å². The fourth-order valence-electron chi connectivity index (χ4n) is 4.35. The number of nitrogens with zero attached hydrogens (tertiary/aromatic N) is 2. The van der Waals surface area contributed by atoms with Crippen LogP contribution in [0.1, 0.15) is 22.3 Å². The molecule has 0 unspecified atom stereocenters. The van der Waals surface area contributed by atoms with E-state index >= 15 is 0 Å². The van der Waals surface area contributed by atoms with Crippen molar-refractivity contribution in [2.45, 2.75) is 20.3 Å². The monoisotopic (exact) mass is 412 g/mol. The molecule has 0 saturated heterocycles. The first-order valence-corrected chi connectivity index (χ1v) is 10.3. The molecule has 0 aliphatic carbocycles. The van der Waals surface area contributed by atoms with E-state index in [9.17, 15) is 14.0 Å². The Balaban J connectivity index is 1.71. The van der Waals surface area contributed by atoms with E-state index in [4.69, 9.17) is 0 Å². The van der Waals surface area contributed by atoms with E-state index in [0.29, 0.717) is 23.4 Å². The van der Waals surface area contributed by atoms with Gasteiger partial charge in [-0.1, -0.05) is 42.5 Å². The first-order chi connectivity index (χ1) is 15.0. The summed E-state index contributed by atoms with van der Waals surface area (Å²) in [6.45, 7) is 4.60. The van der Waals surface area contributed by atoms with Crippen LogP contribution in [-0.4, -0.2) is 18.4 Å². The molecule has 2 aliphatic rings. The highest BCUT2D eigenvalue weighted by molar-refractivity contribution is 6.46. The van der Waals surface area contributed by atoms with Gasteiger partial charge in [-0.3, -0.25) is 9.59 Å². The van der Waals surface area contributed by atoms with Crippen LogP contribution in [0.15, 0.2) is 72.4 Å². The highest BCUT2D eigenvalue weighted by Gasteiger charge is 2.44. The number of amides is 2. The molecule has 154 valence electrons. The maximum Gasteiger partial charge on any atom is 0.282 e. The van der Waals surface area contributed by atoms with Gasteiger partial charge in [0, 0.05) is 12.2 Å². The number of benzene rings is 3. The van der Waals surface area contributed by atoms with Gasteiger partial charge in [0.1, 0.15) is 11.5 Å². The number of rotatable bonds is 3. The predicted octanol–water partition coefficient (Wildman–Crippen LogP) is 4.79. The summed E-state index contributed by atoms with van der Waals surface area (Å²) in [5, 5.41) is 0. The second kappa shape index (κ2) is 7.20. The van der Waals surface area contributed by atoms with Crippen LogP contribution in [0.4, 0.5) is 15.8 Å². The quantitative estimate of drug-likeness (QED) is 0.581. The van der Waals surface area contributed by atoms with Crippen LogP contribution in [-0.2, 0) is 16.0 Å². The van der Waals surface area contributed by atoms with Gasteiger partial charge in [0.2, 0.25) is 0 Å². The Kier molecular flexibility index (Phi) is 4.47. The number of aryl methyl sites for hydroxylation is 2. The Morgan fingerprint density at radius 3 is 2.42 bits per heavy atom. The van der Waals surface area contributed by atoms with Crippen molar-refractivity contribution in [2.24, 2.45) is 0 Å². The second-order valence-corrected chi connectivity index (χ2v) is 7.98. The predicted molar refractivity (Wildman–Crippen MR) is 119 cm³/mol. The number of imide groups is 1.